The zero-order valence-electron chi connectivity index (χ0n) is 12.4. The van der Waals surface area contributed by atoms with Gasteiger partial charge in [0.2, 0.25) is 15.0 Å². The van der Waals surface area contributed by atoms with E-state index in [1.807, 2.05) is 61.5 Å². The summed E-state index contributed by atoms with van der Waals surface area (Å²) in [7, 11) is -3.40. The highest BCUT2D eigenvalue weighted by Crippen LogP contribution is 2.31. The molecule has 0 radical (unpaired) electrons. The Morgan fingerprint density at radius 2 is 1.55 bits per heavy atom. The van der Waals surface area contributed by atoms with Crippen LogP contribution in [0.15, 0.2) is 59.8 Å². The first kappa shape index (κ1) is 14.5. The molecule has 0 atom stereocenters. The van der Waals surface area contributed by atoms with Gasteiger partial charge in [-0.1, -0.05) is 60.2 Å². The third kappa shape index (κ3) is 2.80. The van der Waals surface area contributed by atoms with E-state index < -0.39 is 9.84 Å². The van der Waals surface area contributed by atoms with Gasteiger partial charge in [-0.25, -0.2) is 13.4 Å². The third-order valence-electron chi connectivity index (χ3n) is 3.42. The molecule has 1 aromatic heterocycles. The van der Waals surface area contributed by atoms with Gasteiger partial charge in [0.1, 0.15) is 0 Å². The maximum Gasteiger partial charge on any atom is 0.225 e. The Kier molecular flexibility index (Phi) is 3.58. The van der Waals surface area contributed by atoms with E-state index in [9.17, 15) is 8.42 Å². The van der Waals surface area contributed by atoms with Crippen LogP contribution in [0.2, 0.25) is 0 Å². The number of H-pyrrole nitrogens is 1. The monoisotopic (exact) mass is 312 g/mol. The molecular formula is C17H16N2O2S. The molecule has 0 saturated heterocycles. The predicted octanol–water partition coefficient (Wildman–Crippen LogP) is 3.46. The number of rotatable bonds is 3. The lowest BCUT2D eigenvalue weighted by atomic mass is 10.0. The van der Waals surface area contributed by atoms with Crippen molar-refractivity contribution in [2.24, 2.45) is 0 Å². The molecular weight excluding hydrogens is 296 g/mol. The zero-order valence-corrected chi connectivity index (χ0v) is 13.2. The summed E-state index contributed by atoms with van der Waals surface area (Å²) in [6.07, 6.45) is 1.15. The summed E-state index contributed by atoms with van der Waals surface area (Å²) in [6, 6.07) is 17.5. The van der Waals surface area contributed by atoms with Crippen LogP contribution in [0.1, 0.15) is 5.56 Å². The minimum atomic E-state index is -3.40. The Labute approximate surface area is 129 Å². The van der Waals surface area contributed by atoms with Crippen LogP contribution in [-0.2, 0) is 9.84 Å². The molecule has 5 heteroatoms. The highest BCUT2D eigenvalue weighted by molar-refractivity contribution is 7.90. The average Bonchev–Trinajstić information content (AvgIpc) is 2.94. The molecule has 0 aliphatic heterocycles. The summed E-state index contributed by atoms with van der Waals surface area (Å²) >= 11 is 0. The van der Waals surface area contributed by atoms with Gasteiger partial charge >= 0.3 is 0 Å². The van der Waals surface area contributed by atoms with Gasteiger partial charge in [0.25, 0.3) is 0 Å². The van der Waals surface area contributed by atoms with Crippen LogP contribution in [0, 0.1) is 6.92 Å². The third-order valence-corrected chi connectivity index (χ3v) is 4.32. The molecule has 0 fully saturated rings. The number of hydrogen-bond acceptors (Lipinski definition) is 3. The minimum absolute atomic E-state index is 0.0121. The molecule has 22 heavy (non-hydrogen) atoms. The number of nitrogens with zero attached hydrogens (tertiary/aromatic N) is 1. The second-order valence-corrected chi connectivity index (χ2v) is 7.20. The smallest absolute Gasteiger partial charge is 0.225 e. The summed E-state index contributed by atoms with van der Waals surface area (Å²) in [4.78, 5) is 7.26. The van der Waals surface area contributed by atoms with Gasteiger partial charge in [0.15, 0.2) is 0 Å². The van der Waals surface area contributed by atoms with Crippen molar-refractivity contribution in [3.63, 3.8) is 0 Å². The topological polar surface area (TPSA) is 62.8 Å². The number of nitrogens with one attached hydrogen (secondary N) is 1. The van der Waals surface area contributed by atoms with E-state index in [1.54, 1.807) is 0 Å². The second-order valence-electron chi connectivity index (χ2n) is 5.27. The fourth-order valence-electron chi connectivity index (χ4n) is 2.26. The van der Waals surface area contributed by atoms with Crippen LogP contribution >= 0.6 is 0 Å². The van der Waals surface area contributed by atoms with Gasteiger partial charge in [-0.2, -0.15) is 0 Å². The van der Waals surface area contributed by atoms with Gasteiger partial charge in [-0.3, -0.25) is 0 Å². The first-order chi connectivity index (χ1) is 10.4. The van der Waals surface area contributed by atoms with Gasteiger partial charge in [-0.15, -0.1) is 0 Å². The largest absolute Gasteiger partial charge is 0.328 e. The maximum atomic E-state index is 11.8. The van der Waals surface area contributed by atoms with E-state index in [0.29, 0.717) is 11.4 Å². The summed E-state index contributed by atoms with van der Waals surface area (Å²) in [5.74, 6) is 0. The highest BCUT2D eigenvalue weighted by atomic mass is 32.2. The fraction of sp³-hybridized carbons (Fsp3) is 0.118. The highest BCUT2D eigenvalue weighted by Gasteiger charge is 2.19. The van der Waals surface area contributed by atoms with E-state index in [2.05, 4.69) is 9.97 Å². The van der Waals surface area contributed by atoms with Crippen molar-refractivity contribution in [1.82, 2.24) is 9.97 Å². The van der Waals surface area contributed by atoms with Crippen molar-refractivity contribution in [2.75, 3.05) is 6.26 Å². The lowest BCUT2D eigenvalue weighted by Gasteiger charge is -2.03. The van der Waals surface area contributed by atoms with Crippen molar-refractivity contribution in [1.29, 1.82) is 0 Å². The molecule has 0 aliphatic rings. The van der Waals surface area contributed by atoms with E-state index in [4.69, 9.17) is 0 Å². The Morgan fingerprint density at radius 3 is 2.14 bits per heavy atom. The lowest BCUT2D eigenvalue weighted by Crippen LogP contribution is -1.99. The summed E-state index contributed by atoms with van der Waals surface area (Å²) < 4.78 is 23.6. The fourth-order valence-corrected chi connectivity index (χ4v) is 2.81. The molecule has 0 spiro atoms. The normalized spacial score (nSPS) is 11.5. The molecule has 3 rings (SSSR count). The zero-order chi connectivity index (χ0) is 15.7. The quantitative estimate of drug-likeness (QED) is 0.805. The standard InChI is InChI=1S/C17H16N2O2S/c1-12-8-10-14(11-9-12)16-15(13-6-4-3-5-7-13)18-17(19-16)22(2,20)21/h3-11H,1-2H3,(H,18,19). The number of benzene rings is 2. The molecule has 0 saturated carbocycles. The molecule has 4 nitrogen and oxygen atoms in total. The summed E-state index contributed by atoms with van der Waals surface area (Å²) in [5, 5.41) is -0.0121. The first-order valence-electron chi connectivity index (χ1n) is 6.87. The molecule has 0 unspecified atom stereocenters. The van der Waals surface area contributed by atoms with Crippen molar-refractivity contribution < 1.29 is 8.42 Å². The van der Waals surface area contributed by atoms with Gasteiger partial charge < -0.3 is 4.98 Å². The van der Waals surface area contributed by atoms with Gasteiger partial charge in [0, 0.05) is 17.4 Å². The maximum absolute atomic E-state index is 11.8. The van der Waals surface area contributed by atoms with Crippen LogP contribution in [0.3, 0.4) is 0 Å². The molecule has 0 amide bonds. The predicted molar refractivity (Wildman–Crippen MR) is 87.3 cm³/mol. The van der Waals surface area contributed by atoms with E-state index >= 15 is 0 Å². The average molecular weight is 312 g/mol. The first-order valence-corrected chi connectivity index (χ1v) is 8.77. The van der Waals surface area contributed by atoms with Crippen LogP contribution in [0.25, 0.3) is 22.5 Å². The van der Waals surface area contributed by atoms with Crippen molar-refractivity contribution >= 4 is 9.84 Å². The van der Waals surface area contributed by atoms with E-state index in [0.717, 1.165) is 22.9 Å². The van der Waals surface area contributed by atoms with Crippen LogP contribution < -0.4 is 0 Å². The van der Waals surface area contributed by atoms with Crippen LogP contribution in [0.5, 0.6) is 0 Å². The second kappa shape index (κ2) is 5.42. The molecule has 0 aliphatic carbocycles. The molecule has 2 aromatic carbocycles. The Morgan fingerprint density at radius 1 is 0.909 bits per heavy atom. The van der Waals surface area contributed by atoms with Gasteiger partial charge in [0.05, 0.1) is 11.4 Å². The Balaban J connectivity index is 2.24. The van der Waals surface area contributed by atoms with Gasteiger partial charge in [-0.05, 0) is 6.92 Å². The number of sulfone groups is 1. The van der Waals surface area contributed by atoms with Crippen LogP contribution in [-0.4, -0.2) is 24.6 Å². The van der Waals surface area contributed by atoms with E-state index in [1.165, 1.54) is 0 Å². The Bertz CT molecular complexity index is 896. The lowest BCUT2D eigenvalue weighted by molar-refractivity contribution is 0.595. The van der Waals surface area contributed by atoms with Crippen molar-refractivity contribution in [3.8, 4) is 22.5 Å². The van der Waals surface area contributed by atoms with Crippen molar-refractivity contribution in [2.45, 2.75) is 12.1 Å². The molecule has 112 valence electrons. The van der Waals surface area contributed by atoms with Crippen molar-refractivity contribution in [3.05, 3.63) is 60.2 Å². The van der Waals surface area contributed by atoms with Crippen LogP contribution in [0.4, 0.5) is 0 Å². The summed E-state index contributed by atoms with van der Waals surface area (Å²) in [5.41, 5.74) is 4.29. The number of aromatic amines is 1. The van der Waals surface area contributed by atoms with E-state index in [-0.39, 0.29) is 5.16 Å². The summed E-state index contributed by atoms with van der Waals surface area (Å²) in [6.45, 7) is 2.01. The molecule has 1 heterocycles. The molecule has 0 bridgehead atoms. The number of hydrogen-bond donors (Lipinski definition) is 1. The Hall–Kier alpha value is -2.40. The minimum Gasteiger partial charge on any atom is -0.328 e. The number of aryl methyl sites for hydroxylation is 1. The number of aromatic nitrogens is 2. The SMILES string of the molecule is Cc1ccc(-c2[nH]c(S(C)(=O)=O)nc2-c2ccccc2)cc1. The molecule has 1 N–H and O–H groups in total. The number of imidazole rings is 1. The molecule has 3 aromatic rings.